The minimum Gasteiger partial charge on any atom is -0.388 e. The molecule has 0 amide bonds. The first kappa shape index (κ1) is 16.3. The summed E-state index contributed by atoms with van der Waals surface area (Å²) in [7, 11) is -1.57. The second-order valence-electron chi connectivity index (χ2n) is 6.46. The minimum absolute atomic E-state index is 0.417. The van der Waals surface area contributed by atoms with Gasteiger partial charge in [-0.2, -0.15) is 4.31 Å². The Kier molecular flexibility index (Phi) is 4.63. The Morgan fingerprint density at radius 2 is 1.57 bits per heavy atom. The van der Waals surface area contributed by atoms with Gasteiger partial charge in [0.1, 0.15) is 0 Å². The number of nitrogens with one attached hydrogen (secondary N) is 1. The fraction of sp³-hybridized carbons (Fsp3) is 0.625. The molecular formula is C16H26N2O2S. The van der Waals surface area contributed by atoms with Gasteiger partial charge in [0.05, 0.1) is 4.90 Å². The van der Waals surface area contributed by atoms with Crippen molar-refractivity contribution in [2.45, 2.75) is 39.0 Å². The summed E-state index contributed by atoms with van der Waals surface area (Å²) >= 11 is 0. The number of hydrogen-bond acceptors (Lipinski definition) is 3. The van der Waals surface area contributed by atoms with Crippen LogP contribution in [0.5, 0.6) is 0 Å². The maximum absolute atomic E-state index is 13.0. The predicted octanol–water partition coefficient (Wildman–Crippen LogP) is 3.01. The van der Waals surface area contributed by atoms with Gasteiger partial charge in [-0.3, -0.25) is 0 Å². The molecule has 4 nitrogen and oxygen atoms in total. The van der Waals surface area contributed by atoms with Gasteiger partial charge in [-0.1, -0.05) is 13.8 Å². The number of piperidine rings is 1. The molecule has 1 fully saturated rings. The lowest BCUT2D eigenvalue weighted by Crippen LogP contribution is -2.42. The van der Waals surface area contributed by atoms with Crippen molar-refractivity contribution in [1.82, 2.24) is 4.31 Å². The van der Waals surface area contributed by atoms with Gasteiger partial charge in [-0.15, -0.1) is 0 Å². The summed E-state index contributed by atoms with van der Waals surface area (Å²) in [5.74, 6) is 0.835. The highest BCUT2D eigenvalue weighted by molar-refractivity contribution is 7.89. The standard InChI is InChI=1S/C16H26N2O2S/c1-11-6-12(2)10-18(9-11)21(19,20)16-13(3)7-15(17-5)8-14(16)4/h7-8,11-12,17H,6,9-10H2,1-5H3. The van der Waals surface area contributed by atoms with E-state index in [1.54, 1.807) is 4.31 Å². The zero-order chi connectivity index (χ0) is 15.8. The van der Waals surface area contributed by atoms with Crippen LogP contribution in [0, 0.1) is 25.7 Å². The third-order valence-electron chi connectivity index (χ3n) is 4.18. The van der Waals surface area contributed by atoms with E-state index in [-0.39, 0.29) is 0 Å². The van der Waals surface area contributed by atoms with Crippen LogP contribution in [0.25, 0.3) is 0 Å². The molecule has 2 atom stereocenters. The second-order valence-corrected chi connectivity index (χ2v) is 8.33. The maximum Gasteiger partial charge on any atom is 0.243 e. The zero-order valence-corrected chi connectivity index (χ0v) is 14.4. The van der Waals surface area contributed by atoms with Gasteiger partial charge in [-0.25, -0.2) is 8.42 Å². The molecule has 118 valence electrons. The smallest absolute Gasteiger partial charge is 0.243 e. The maximum atomic E-state index is 13.0. The van der Waals surface area contributed by atoms with Crippen LogP contribution in [-0.4, -0.2) is 32.9 Å². The summed E-state index contributed by atoms with van der Waals surface area (Å²) in [4.78, 5) is 0.475. The van der Waals surface area contributed by atoms with Gasteiger partial charge in [0.25, 0.3) is 0 Å². The zero-order valence-electron chi connectivity index (χ0n) is 13.6. The molecule has 1 aliphatic heterocycles. The van der Waals surface area contributed by atoms with Crippen LogP contribution in [0.4, 0.5) is 5.69 Å². The number of nitrogens with zero attached hydrogens (tertiary/aromatic N) is 1. The van der Waals surface area contributed by atoms with E-state index < -0.39 is 10.0 Å². The third kappa shape index (κ3) is 3.24. The quantitative estimate of drug-likeness (QED) is 0.933. The van der Waals surface area contributed by atoms with Crippen molar-refractivity contribution >= 4 is 15.7 Å². The molecule has 1 heterocycles. The summed E-state index contributed by atoms with van der Waals surface area (Å²) in [6.07, 6.45) is 1.10. The van der Waals surface area contributed by atoms with E-state index >= 15 is 0 Å². The molecule has 0 saturated carbocycles. The van der Waals surface area contributed by atoms with Crippen LogP contribution in [0.2, 0.25) is 0 Å². The van der Waals surface area contributed by atoms with E-state index in [1.807, 2.05) is 33.0 Å². The molecule has 1 aromatic carbocycles. The lowest BCUT2D eigenvalue weighted by atomic mass is 9.94. The van der Waals surface area contributed by atoms with Crippen LogP contribution in [-0.2, 0) is 10.0 Å². The average molecular weight is 310 g/mol. The molecular weight excluding hydrogens is 284 g/mol. The van der Waals surface area contributed by atoms with Crippen molar-refractivity contribution in [3.63, 3.8) is 0 Å². The number of rotatable bonds is 3. The largest absolute Gasteiger partial charge is 0.388 e. The van der Waals surface area contributed by atoms with Crippen molar-refractivity contribution in [2.75, 3.05) is 25.5 Å². The summed E-state index contributed by atoms with van der Waals surface area (Å²) in [5, 5.41) is 3.07. The van der Waals surface area contributed by atoms with Crippen LogP contribution in [0.1, 0.15) is 31.4 Å². The monoisotopic (exact) mass is 310 g/mol. The molecule has 21 heavy (non-hydrogen) atoms. The highest BCUT2D eigenvalue weighted by atomic mass is 32.2. The Morgan fingerprint density at radius 3 is 2.00 bits per heavy atom. The predicted molar refractivity (Wildman–Crippen MR) is 87.2 cm³/mol. The van der Waals surface area contributed by atoms with Crippen molar-refractivity contribution in [1.29, 1.82) is 0 Å². The number of aryl methyl sites for hydroxylation is 2. The van der Waals surface area contributed by atoms with Gasteiger partial charge in [0, 0.05) is 25.8 Å². The number of sulfonamides is 1. The summed E-state index contributed by atoms with van der Waals surface area (Å²) in [6.45, 7) is 9.25. The van der Waals surface area contributed by atoms with Crippen molar-refractivity contribution in [2.24, 2.45) is 11.8 Å². The minimum atomic E-state index is -3.41. The first-order chi connectivity index (χ1) is 9.75. The molecule has 1 aromatic rings. The van der Waals surface area contributed by atoms with E-state index in [0.717, 1.165) is 23.2 Å². The molecule has 0 aliphatic carbocycles. The van der Waals surface area contributed by atoms with E-state index in [2.05, 4.69) is 19.2 Å². The van der Waals surface area contributed by atoms with Gasteiger partial charge in [0.15, 0.2) is 0 Å². The van der Waals surface area contributed by atoms with Crippen LogP contribution in [0.15, 0.2) is 17.0 Å². The molecule has 0 radical (unpaired) electrons. The van der Waals surface area contributed by atoms with Gasteiger partial charge < -0.3 is 5.32 Å². The molecule has 2 rings (SSSR count). The molecule has 1 saturated heterocycles. The molecule has 1 aliphatic rings. The fourth-order valence-electron chi connectivity index (χ4n) is 3.43. The van der Waals surface area contributed by atoms with Crippen LogP contribution < -0.4 is 5.32 Å². The number of anilines is 1. The Hall–Kier alpha value is -1.07. The van der Waals surface area contributed by atoms with E-state index in [4.69, 9.17) is 0 Å². The Labute approximate surface area is 128 Å². The molecule has 2 unspecified atom stereocenters. The van der Waals surface area contributed by atoms with Crippen LogP contribution in [0.3, 0.4) is 0 Å². The third-order valence-corrected chi connectivity index (χ3v) is 6.32. The molecule has 0 bridgehead atoms. The summed E-state index contributed by atoms with van der Waals surface area (Å²) in [5.41, 5.74) is 2.57. The second kappa shape index (κ2) is 5.97. The first-order valence-electron chi connectivity index (χ1n) is 7.54. The molecule has 5 heteroatoms. The van der Waals surface area contributed by atoms with Crippen molar-refractivity contribution in [3.05, 3.63) is 23.3 Å². The van der Waals surface area contributed by atoms with E-state index in [9.17, 15) is 8.42 Å². The molecule has 1 N–H and O–H groups in total. The van der Waals surface area contributed by atoms with E-state index in [0.29, 0.717) is 29.8 Å². The van der Waals surface area contributed by atoms with E-state index in [1.165, 1.54) is 0 Å². The van der Waals surface area contributed by atoms with Crippen molar-refractivity contribution in [3.8, 4) is 0 Å². The van der Waals surface area contributed by atoms with Crippen molar-refractivity contribution < 1.29 is 8.42 Å². The average Bonchev–Trinajstić information content (AvgIpc) is 2.36. The topological polar surface area (TPSA) is 49.4 Å². The highest BCUT2D eigenvalue weighted by Gasteiger charge is 2.33. The van der Waals surface area contributed by atoms with Crippen LogP contribution >= 0.6 is 0 Å². The molecule has 0 aromatic heterocycles. The number of hydrogen-bond donors (Lipinski definition) is 1. The van der Waals surface area contributed by atoms with Gasteiger partial charge in [-0.05, 0) is 55.4 Å². The summed E-state index contributed by atoms with van der Waals surface area (Å²) < 4.78 is 27.7. The number of benzene rings is 1. The SMILES string of the molecule is CNc1cc(C)c(S(=O)(=O)N2CC(C)CC(C)C2)c(C)c1. The molecule has 0 spiro atoms. The lowest BCUT2D eigenvalue weighted by Gasteiger charge is -2.34. The summed E-state index contributed by atoms with van der Waals surface area (Å²) in [6, 6.07) is 3.80. The highest BCUT2D eigenvalue weighted by Crippen LogP contribution is 2.31. The lowest BCUT2D eigenvalue weighted by molar-refractivity contribution is 0.222. The Balaban J connectivity index is 2.44. The van der Waals surface area contributed by atoms with Gasteiger partial charge >= 0.3 is 0 Å². The van der Waals surface area contributed by atoms with Gasteiger partial charge in [0.2, 0.25) is 10.0 Å². The Bertz CT molecular complexity index is 592. The fourth-order valence-corrected chi connectivity index (χ4v) is 5.52. The first-order valence-corrected chi connectivity index (χ1v) is 8.98. The normalized spacial score (nSPS) is 24.0. The Morgan fingerprint density at radius 1 is 1.10 bits per heavy atom.